The van der Waals surface area contributed by atoms with Crippen molar-refractivity contribution in [3.8, 4) is 0 Å². The molecule has 2 atom stereocenters. The van der Waals surface area contributed by atoms with Gasteiger partial charge in [-0.1, -0.05) is 60.7 Å². The van der Waals surface area contributed by atoms with Crippen LogP contribution in [-0.2, 0) is 16.0 Å². The first-order valence-corrected chi connectivity index (χ1v) is 10.9. The standard InChI is InChI=1S/C28H23NO2/c1-17(30)31-25-15-14-22-23-13-12-19-7-5-6-18-10-11-20(27(23)26(18)19)16-24(22)28(25)29-21-8-3-2-4-9-21/h2-13,16,25,28-29H,14-15H2,1H3/t25-,28+/m1/s1. The number of aryl methyl sites for hydroxylation is 1. The molecular formula is C28H23NO2. The summed E-state index contributed by atoms with van der Waals surface area (Å²) in [5, 5.41) is 11.5. The second-order valence-electron chi connectivity index (χ2n) is 8.47. The molecule has 0 radical (unpaired) electrons. The minimum atomic E-state index is -0.231. The van der Waals surface area contributed by atoms with Crippen molar-refractivity contribution in [1.29, 1.82) is 0 Å². The number of ether oxygens (including phenoxy) is 1. The number of hydrogen-bond acceptors (Lipinski definition) is 3. The summed E-state index contributed by atoms with van der Waals surface area (Å²) in [6.45, 7) is 1.50. The number of hydrogen-bond donors (Lipinski definition) is 1. The molecule has 0 bridgehead atoms. The van der Waals surface area contributed by atoms with Gasteiger partial charge in [0.1, 0.15) is 6.10 Å². The predicted molar refractivity (Wildman–Crippen MR) is 127 cm³/mol. The first kappa shape index (κ1) is 18.2. The first-order chi connectivity index (χ1) is 15.2. The molecule has 5 aromatic carbocycles. The van der Waals surface area contributed by atoms with E-state index in [4.69, 9.17) is 4.74 Å². The summed E-state index contributed by atoms with van der Waals surface area (Å²) in [5.74, 6) is -0.231. The van der Waals surface area contributed by atoms with E-state index in [9.17, 15) is 4.79 Å². The van der Waals surface area contributed by atoms with Crippen LogP contribution in [0.1, 0.15) is 30.5 Å². The van der Waals surface area contributed by atoms with Crippen LogP contribution in [0.3, 0.4) is 0 Å². The van der Waals surface area contributed by atoms with Gasteiger partial charge in [-0.05, 0) is 74.5 Å². The van der Waals surface area contributed by atoms with Crippen molar-refractivity contribution in [2.75, 3.05) is 5.32 Å². The van der Waals surface area contributed by atoms with Gasteiger partial charge in [0.05, 0.1) is 6.04 Å². The number of carbonyl (C=O) groups excluding carboxylic acids is 1. The van der Waals surface area contributed by atoms with Crippen LogP contribution in [-0.4, -0.2) is 12.1 Å². The Hall–Kier alpha value is -3.59. The largest absolute Gasteiger partial charge is 0.460 e. The van der Waals surface area contributed by atoms with Crippen LogP contribution in [0.4, 0.5) is 5.69 Å². The number of anilines is 1. The Bertz CT molecular complexity index is 1410. The smallest absolute Gasteiger partial charge is 0.302 e. The molecule has 3 heteroatoms. The van der Waals surface area contributed by atoms with Crippen molar-refractivity contribution in [3.05, 3.63) is 90.0 Å². The van der Waals surface area contributed by atoms with Crippen molar-refractivity contribution in [2.24, 2.45) is 0 Å². The average molecular weight is 405 g/mol. The number of para-hydroxylation sites is 1. The second-order valence-corrected chi connectivity index (χ2v) is 8.47. The zero-order chi connectivity index (χ0) is 20.9. The van der Waals surface area contributed by atoms with Gasteiger partial charge >= 0.3 is 5.97 Å². The monoisotopic (exact) mass is 405 g/mol. The van der Waals surface area contributed by atoms with E-state index < -0.39 is 0 Å². The van der Waals surface area contributed by atoms with Crippen molar-refractivity contribution < 1.29 is 9.53 Å². The Kier molecular flexibility index (Phi) is 4.10. The molecule has 0 saturated carbocycles. The molecule has 0 aromatic heterocycles. The van der Waals surface area contributed by atoms with Gasteiger partial charge in [0.2, 0.25) is 0 Å². The summed E-state index contributed by atoms with van der Waals surface area (Å²) in [7, 11) is 0. The predicted octanol–water partition coefficient (Wildman–Crippen LogP) is 6.62. The van der Waals surface area contributed by atoms with Gasteiger partial charge < -0.3 is 10.1 Å². The normalized spacial score (nSPS) is 18.4. The zero-order valence-electron chi connectivity index (χ0n) is 17.4. The third-order valence-corrected chi connectivity index (χ3v) is 6.59. The van der Waals surface area contributed by atoms with Crippen LogP contribution in [0.5, 0.6) is 0 Å². The van der Waals surface area contributed by atoms with Gasteiger partial charge in [-0.2, -0.15) is 0 Å². The molecule has 152 valence electrons. The van der Waals surface area contributed by atoms with E-state index in [1.165, 1.54) is 50.4 Å². The second kappa shape index (κ2) is 6.98. The highest BCUT2D eigenvalue weighted by atomic mass is 16.5. The van der Waals surface area contributed by atoms with E-state index in [0.29, 0.717) is 0 Å². The summed E-state index contributed by atoms with van der Waals surface area (Å²) < 4.78 is 5.78. The number of carbonyl (C=O) groups is 1. The lowest BCUT2D eigenvalue weighted by atomic mass is 9.80. The van der Waals surface area contributed by atoms with Crippen molar-refractivity contribution >= 4 is 44.0 Å². The topological polar surface area (TPSA) is 38.3 Å². The van der Waals surface area contributed by atoms with E-state index in [0.717, 1.165) is 18.5 Å². The van der Waals surface area contributed by atoms with E-state index in [2.05, 4.69) is 66.0 Å². The molecule has 1 N–H and O–H groups in total. The van der Waals surface area contributed by atoms with Crippen molar-refractivity contribution in [2.45, 2.75) is 31.9 Å². The van der Waals surface area contributed by atoms with Gasteiger partial charge in [0, 0.05) is 12.6 Å². The van der Waals surface area contributed by atoms with Crippen LogP contribution in [0, 0.1) is 0 Å². The fraction of sp³-hybridized carbons (Fsp3) is 0.179. The van der Waals surface area contributed by atoms with Gasteiger partial charge in [-0.15, -0.1) is 0 Å². The molecule has 6 rings (SSSR count). The third kappa shape index (κ3) is 2.92. The molecule has 0 aliphatic heterocycles. The lowest BCUT2D eigenvalue weighted by molar-refractivity contribution is -0.147. The fourth-order valence-corrected chi connectivity index (χ4v) is 5.33. The maximum Gasteiger partial charge on any atom is 0.302 e. The highest BCUT2D eigenvalue weighted by Crippen LogP contribution is 2.43. The van der Waals surface area contributed by atoms with Gasteiger partial charge in [-0.25, -0.2) is 0 Å². The minimum absolute atomic E-state index is 0.0861. The summed E-state index contributed by atoms with van der Waals surface area (Å²) in [5.41, 5.74) is 3.62. The lowest BCUT2D eigenvalue weighted by Crippen LogP contribution is -2.34. The molecule has 1 aliphatic carbocycles. The Morgan fingerprint density at radius 1 is 0.871 bits per heavy atom. The molecular weight excluding hydrogens is 382 g/mol. The minimum Gasteiger partial charge on any atom is -0.460 e. The Morgan fingerprint density at radius 2 is 1.61 bits per heavy atom. The van der Waals surface area contributed by atoms with E-state index in [1.807, 2.05) is 18.2 Å². The van der Waals surface area contributed by atoms with Gasteiger partial charge in [-0.3, -0.25) is 4.79 Å². The molecule has 0 unspecified atom stereocenters. The van der Waals surface area contributed by atoms with E-state index in [1.54, 1.807) is 0 Å². The molecule has 0 saturated heterocycles. The maximum atomic E-state index is 11.9. The molecule has 31 heavy (non-hydrogen) atoms. The van der Waals surface area contributed by atoms with Crippen LogP contribution in [0.2, 0.25) is 0 Å². The molecule has 0 heterocycles. The SMILES string of the molecule is CC(=O)O[C@@H]1CCc2c(cc3ccc4cccc5ccc2c3c45)[C@@H]1Nc1ccccc1. The van der Waals surface area contributed by atoms with Crippen LogP contribution in [0.25, 0.3) is 32.3 Å². The van der Waals surface area contributed by atoms with Crippen LogP contribution in [0.15, 0.2) is 78.9 Å². The Balaban J connectivity index is 1.59. The zero-order valence-corrected chi connectivity index (χ0v) is 17.4. The summed E-state index contributed by atoms with van der Waals surface area (Å²) in [6, 6.07) is 27.8. The van der Waals surface area contributed by atoms with E-state index in [-0.39, 0.29) is 18.1 Å². The third-order valence-electron chi connectivity index (χ3n) is 6.59. The Morgan fingerprint density at radius 3 is 2.39 bits per heavy atom. The number of esters is 1. The van der Waals surface area contributed by atoms with Crippen molar-refractivity contribution in [3.63, 3.8) is 0 Å². The van der Waals surface area contributed by atoms with Crippen LogP contribution < -0.4 is 5.32 Å². The molecule has 5 aromatic rings. The molecule has 3 nitrogen and oxygen atoms in total. The summed E-state index contributed by atoms with van der Waals surface area (Å²) >= 11 is 0. The highest BCUT2D eigenvalue weighted by Gasteiger charge is 2.33. The van der Waals surface area contributed by atoms with Gasteiger partial charge in [0.15, 0.2) is 0 Å². The number of nitrogens with one attached hydrogen (secondary N) is 1. The first-order valence-electron chi connectivity index (χ1n) is 10.9. The fourth-order valence-electron chi connectivity index (χ4n) is 5.33. The number of fused-ring (bicyclic) bond motifs is 2. The lowest BCUT2D eigenvalue weighted by Gasteiger charge is -2.35. The molecule has 1 aliphatic rings. The van der Waals surface area contributed by atoms with Gasteiger partial charge in [0.25, 0.3) is 0 Å². The quantitative estimate of drug-likeness (QED) is 0.271. The molecule has 0 amide bonds. The van der Waals surface area contributed by atoms with Crippen LogP contribution >= 0.6 is 0 Å². The Labute approximate surface area is 181 Å². The summed E-state index contributed by atoms with van der Waals surface area (Å²) in [4.78, 5) is 11.9. The number of benzene rings is 5. The summed E-state index contributed by atoms with van der Waals surface area (Å²) in [6.07, 6.45) is 1.51. The average Bonchev–Trinajstić information content (AvgIpc) is 2.79. The van der Waals surface area contributed by atoms with E-state index >= 15 is 0 Å². The maximum absolute atomic E-state index is 11.9. The van der Waals surface area contributed by atoms with Crippen molar-refractivity contribution in [1.82, 2.24) is 0 Å². The molecule has 0 spiro atoms. The number of rotatable bonds is 3. The highest BCUT2D eigenvalue weighted by molar-refractivity contribution is 6.23. The molecule has 0 fully saturated rings.